The SMILES string of the molecule is Cc1ccccc1-n1ncc2c(=O)n3c(nc21)SCC3CC(=O)NCCc1c[nH]c2ccccc12. The molecule has 2 N–H and O–H groups in total. The maximum absolute atomic E-state index is 13.4. The lowest BCUT2D eigenvalue weighted by Crippen LogP contribution is -2.31. The number of aromatic amines is 1. The minimum Gasteiger partial charge on any atom is -0.361 e. The number of amides is 1. The van der Waals surface area contributed by atoms with Crippen LogP contribution in [-0.4, -0.2) is 42.5 Å². The molecule has 0 aliphatic carbocycles. The fourth-order valence-corrected chi connectivity index (χ4v) is 5.85. The first-order chi connectivity index (χ1) is 17.1. The van der Waals surface area contributed by atoms with Gasteiger partial charge < -0.3 is 10.3 Å². The predicted molar refractivity (Wildman–Crippen MR) is 137 cm³/mol. The van der Waals surface area contributed by atoms with E-state index in [1.807, 2.05) is 55.6 Å². The van der Waals surface area contributed by atoms with Crippen LogP contribution >= 0.6 is 11.8 Å². The summed E-state index contributed by atoms with van der Waals surface area (Å²) in [6, 6.07) is 15.8. The van der Waals surface area contributed by atoms with E-state index in [9.17, 15) is 9.59 Å². The molecule has 0 bridgehead atoms. The molecule has 1 aliphatic heterocycles. The van der Waals surface area contributed by atoms with E-state index in [-0.39, 0.29) is 23.9 Å². The summed E-state index contributed by atoms with van der Waals surface area (Å²) in [6.45, 7) is 2.55. The number of thioether (sulfide) groups is 1. The van der Waals surface area contributed by atoms with Gasteiger partial charge in [0.2, 0.25) is 5.91 Å². The van der Waals surface area contributed by atoms with Gasteiger partial charge in [-0.3, -0.25) is 14.2 Å². The van der Waals surface area contributed by atoms with Crippen molar-refractivity contribution < 1.29 is 4.79 Å². The van der Waals surface area contributed by atoms with Gasteiger partial charge in [0.25, 0.3) is 5.56 Å². The highest BCUT2D eigenvalue weighted by Gasteiger charge is 2.29. The van der Waals surface area contributed by atoms with Crippen LogP contribution in [0.4, 0.5) is 0 Å². The summed E-state index contributed by atoms with van der Waals surface area (Å²) in [5.41, 5.74) is 4.62. The van der Waals surface area contributed by atoms with Crippen LogP contribution in [0.25, 0.3) is 27.6 Å². The van der Waals surface area contributed by atoms with E-state index in [2.05, 4.69) is 21.5 Å². The maximum atomic E-state index is 13.4. The third kappa shape index (κ3) is 3.81. The zero-order valence-corrected chi connectivity index (χ0v) is 20.0. The molecule has 8 nitrogen and oxygen atoms in total. The Kier molecular flexibility index (Phi) is 5.41. The number of aromatic nitrogens is 5. The summed E-state index contributed by atoms with van der Waals surface area (Å²) >= 11 is 1.51. The van der Waals surface area contributed by atoms with Gasteiger partial charge in [-0.05, 0) is 36.6 Å². The largest absolute Gasteiger partial charge is 0.361 e. The number of rotatable bonds is 6. The highest BCUT2D eigenvalue weighted by molar-refractivity contribution is 7.99. The first-order valence-corrected chi connectivity index (χ1v) is 12.6. The molecule has 0 spiro atoms. The number of fused-ring (bicyclic) bond motifs is 3. The quantitative estimate of drug-likeness (QED) is 0.358. The molecule has 9 heteroatoms. The van der Waals surface area contributed by atoms with Crippen LogP contribution in [0.1, 0.15) is 23.6 Å². The first-order valence-electron chi connectivity index (χ1n) is 11.6. The molecule has 0 saturated heterocycles. The Hall–Kier alpha value is -3.85. The zero-order valence-electron chi connectivity index (χ0n) is 19.2. The second-order valence-corrected chi connectivity index (χ2v) is 9.77. The molecule has 1 atom stereocenters. The van der Waals surface area contributed by atoms with Gasteiger partial charge in [0.15, 0.2) is 10.8 Å². The second kappa shape index (κ2) is 8.74. The van der Waals surface area contributed by atoms with E-state index in [1.165, 1.54) is 22.7 Å². The molecule has 1 aliphatic rings. The minimum atomic E-state index is -0.227. The molecule has 3 aromatic heterocycles. The van der Waals surface area contributed by atoms with Gasteiger partial charge in [-0.1, -0.05) is 48.2 Å². The number of hydrogen-bond acceptors (Lipinski definition) is 5. The second-order valence-electron chi connectivity index (χ2n) is 8.78. The zero-order chi connectivity index (χ0) is 23.9. The highest BCUT2D eigenvalue weighted by atomic mass is 32.2. The highest BCUT2D eigenvalue weighted by Crippen LogP contribution is 2.33. The van der Waals surface area contributed by atoms with Gasteiger partial charge in [0.05, 0.1) is 17.9 Å². The van der Waals surface area contributed by atoms with Crippen LogP contribution in [0, 0.1) is 6.92 Å². The fraction of sp³-hybridized carbons (Fsp3) is 0.231. The van der Waals surface area contributed by atoms with Crippen molar-refractivity contribution in [3.05, 3.63) is 82.4 Å². The third-order valence-electron chi connectivity index (χ3n) is 6.53. The van der Waals surface area contributed by atoms with E-state index in [1.54, 1.807) is 15.4 Å². The van der Waals surface area contributed by atoms with Crippen molar-refractivity contribution in [3.63, 3.8) is 0 Å². The third-order valence-corrected chi connectivity index (χ3v) is 7.62. The van der Waals surface area contributed by atoms with E-state index < -0.39 is 0 Å². The minimum absolute atomic E-state index is 0.0640. The smallest absolute Gasteiger partial charge is 0.265 e. The van der Waals surface area contributed by atoms with Crippen LogP contribution in [0.5, 0.6) is 0 Å². The van der Waals surface area contributed by atoms with Crippen LogP contribution in [0.15, 0.2) is 70.9 Å². The van der Waals surface area contributed by atoms with Gasteiger partial charge in [-0.15, -0.1) is 0 Å². The van der Waals surface area contributed by atoms with Crippen molar-refractivity contribution in [2.75, 3.05) is 12.3 Å². The van der Waals surface area contributed by atoms with Crippen molar-refractivity contribution in [2.24, 2.45) is 0 Å². The van der Waals surface area contributed by atoms with Crippen LogP contribution in [0.3, 0.4) is 0 Å². The van der Waals surface area contributed by atoms with Gasteiger partial charge >= 0.3 is 0 Å². The molecule has 0 fully saturated rings. The molecule has 2 aromatic carbocycles. The summed E-state index contributed by atoms with van der Waals surface area (Å²) in [6.07, 6.45) is 4.55. The van der Waals surface area contributed by atoms with Crippen molar-refractivity contribution in [1.29, 1.82) is 0 Å². The molecule has 35 heavy (non-hydrogen) atoms. The van der Waals surface area contributed by atoms with Crippen molar-refractivity contribution in [3.8, 4) is 5.69 Å². The maximum Gasteiger partial charge on any atom is 0.265 e. The Labute approximate surface area is 205 Å². The summed E-state index contributed by atoms with van der Waals surface area (Å²) in [4.78, 5) is 34.1. The summed E-state index contributed by atoms with van der Waals surface area (Å²) in [5, 5.41) is 9.74. The molecule has 6 rings (SSSR count). The average molecular weight is 485 g/mol. The number of carbonyl (C=O) groups is 1. The molecule has 1 unspecified atom stereocenters. The lowest BCUT2D eigenvalue weighted by Gasteiger charge is -2.13. The molecule has 4 heterocycles. The summed E-state index contributed by atoms with van der Waals surface area (Å²) in [5.74, 6) is 0.577. The normalized spacial score (nSPS) is 15.1. The molecule has 0 saturated carbocycles. The van der Waals surface area contributed by atoms with Crippen molar-refractivity contribution in [1.82, 2.24) is 29.6 Å². The molecular weight excluding hydrogens is 460 g/mol. The topological polar surface area (TPSA) is 97.6 Å². The monoisotopic (exact) mass is 484 g/mol. The van der Waals surface area contributed by atoms with Gasteiger partial charge in [-0.25, -0.2) is 9.67 Å². The van der Waals surface area contributed by atoms with E-state index >= 15 is 0 Å². The number of hydrogen-bond donors (Lipinski definition) is 2. The standard InChI is InChI=1S/C26H24N6O2S/c1-16-6-2-5-9-22(16)32-24-20(14-29-32)25(34)31-18(15-35-26(31)30-24)12-23(33)27-11-10-17-13-28-21-8-4-3-7-19(17)21/h2-9,13-14,18,28H,10-12,15H2,1H3,(H,27,33). The van der Waals surface area contributed by atoms with Crippen LogP contribution < -0.4 is 10.9 Å². The summed E-state index contributed by atoms with van der Waals surface area (Å²) < 4.78 is 3.38. The van der Waals surface area contributed by atoms with Gasteiger partial charge in [-0.2, -0.15) is 5.10 Å². The Balaban J connectivity index is 1.18. The Morgan fingerprint density at radius 2 is 2.00 bits per heavy atom. The number of aryl methyl sites for hydroxylation is 1. The molecular formula is C26H24N6O2S. The number of nitrogens with one attached hydrogen (secondary N) is 2. The lowest BCUT2D eigenvalue weighted by atomic mass is 10.1. The molecule has 1 amide bonds. The molecule has 176 valence electrons. The first kappa shape index (κ1) is 21.7. The lowest BCUT2D eigenvalue weighted by molar-refractivity contribution is -0.121. The van der Waals surface area contributed by atoms with Gasteiger partial charge in [0.1, 0.15) is 5.39 Å². The van der Waals surface area contributed by atoms with E-state index in [0.29, 0.717) is 28.5 Å². The summed E-state index contributed by atoms with van der Waals surface area (Å²) in [7, 11) is 0. The number of nitrogens with zero attached hydrogens (tertiary/aromatic N) is 4. The average Bonchev–Trinajstić information content (AvgIpc) is 3.58. The predicted octanol–water partition coefficient (Wildman–Crippen LogP) is 3.77. The fourth-order valence-electron chi connectivity index (χ4n) is 4.72. The molecule has 0 radical (unpaired) electrons. The Morgan fingerprint density at radius 1 is 1.17 bits per heavy atom. The number of para-hydroxylation sites is 2. The van der Waals surface area contributed by atoms with E-state index in [0.717, 1.165) is 23.2 Å². The number of benzene rings is 2. The van der Waals surface area contributed by atoms with Crippen LogP contribution in [-0.2, 0) is 11.2 Å². The van der Waals surface area contributed by atoms with Gasteiger partial charge in [0, 0.05) is 35.8 Å². The van der Waals surface area contributed by atoms with Crippen molar-refractivity contribution in [2.45, 2.75) is 31.0 Å². The Morgan fingerprint density at radius 3 is 2.89 bits per heavy atom. The Bertz CT molecular complexity index is 1630. The number of H-pyrrole nitrogens is 1. The van der Waals surface area contributed by atoms with E-state index in [4.69, 9.17) is 4.98 Å². The number of carbonyl (C=O) groups excluding carboxylic acids is 1. The molecule has 5 aromatic rings. The van der Waals surface area contributed by atoms with Crippen LogP contribution in [0.2, 0.25) is 0 Å². The van der Waals surface area contributed by atoms with Crippen molar-refractivity contribution >= 4 is 39.6 Å².